The molecule has 0 aliphatic carbocycles. The molecule has 1 heterocycles. The van der Waals surface area contributed by atoms with Gasteiger partial charge in [0.05, 0.1) is 30.8 Å². The Morgan fingerprint density at radius 1 is 1.24 bits per heavy atom. The van der Waals surface area contributed by atoms with Gasteiger partial charge in [-0.1, -0.05) is 20.3 Å². The lowest BCUT2D eigenvalue weighted by molar-refractivity contribution is 0.0451. The Morgan fingerprint density at radius 3 is 2.65 bits per heavy atom. The first-order valence-electron chi connectivity index (χ1n) is 6.42. The van der Waals surface area contributed by atoms with Gasteiger partial charge in [-0.05, 0) is 19.8 Å². The van der Waals surface area contributed by atoms with E-state index in [4.69, 9.17) is 4.74 Å². The fourth-order valence-corrected chi connectivity index (χ4v) is 1.49. The summed E-state index contributed by atoms with van der Waals surface area (Å²) in [7, 11) is 0. The minimum atomic E-state index is 0.291. The molecule has 1 rings (SSSR count). The monoisotopic (exact) mass is 237 g/mol. The topological polar surface area (TPSA) is 47.0 Å². The molecule has 1 unspecified atom stereocenters. The van der Waals surface area contributed by atoms with Crippen molar-refractivity contribution in [1.82, 2.24) is 9.97 Å². The van der Waals surface area contributed by atoms with E-state index in [2.05, 4.69) is 36.1 Å². The number of hydrogen-bond acceptors (Lipinski definition) is 4. The summed E-state index contributed by atoms with van der Waals surface area (Å²) in [5.74, 6) is 0.831. The molecule has 96 valence electrons. The number of hydrogen-bond donors (Lipinski definition) is 1. The Hall–Kier alpha value is -1.16. The zero-order chi connectivity index (χ0) is 12.5. The smallest absolute Gasteiger partial charge is 0.144 e. The van der Waals surface area contributed by atoms with Crippen molar-refractivity contribution in [2.45, 2.75) is 52.7 Å². The highest BCUT2D eigenvalue weighted by Crippen LogP contribution is 2.06. The quantitative estimate of drug-likeness (QED) is 0.755. The van der Waals surface area contributed by atoms with Gasteiger partial charge in [0, 0.05) is 6.54 Å². The second kappa shape index (κ2) is 8.01. The number of nitrogens with one attached hydrogen (secondary N) is 1. The zero-order valence-electron chi connectivity index (χ0n) is 11.1. The average molecular weight is 237 g/mol. The van der Waals surface area contributed by atoms with E-state index < -0.39 is 0 Å². The third-order valence-corrected chi connectivity index (χ3v) is 2.47. The van der Waals surface area contributed by atoms with Crippen molar-refractivity contribution in [2.75, 3.05) is 11.9 Å². The van der Waals surface area contributed by atoms with E-state index in [1.54, 1.807) is 12.4 Å². The van der Waals surface area contributed by atoms with Crippen molar-refractivity contribution < 1.29 is 4.74 Å². The largest absolute Gasteiger partial charge is 0.372 e. The van der Waals surface area contributed by atoms with Crippen LogP contribution < -0.4 is 5.32 Å². The minimum Gasteiger partial charge on any atom is -0.372 e. The van der Waals surface area contributed by atoms with Gasteiger partial charge in [-0.25, -0.2) is 4.98 Å². The van der Waals surface area contributed by atoms with Gasteiger partial charge in [0.15, 0.2) is 0 Å². The van der Waals surface area contributed by atoms with Crippen molar-refractivity contribution in [2.24, 2.45) is 0 Å². The van der Waals surface area contributed by atoms with Crippen molar-refractivity contribution >= 4 is 5.82 Å². The molecule has 1 aromatic rings. The summed E-state index contributed by atoms with van der Waals surface area (Å²) < 4.78 is 5.67. The molecule has 0 saturated heterocycles. The Morgan fingerprint density at radius 2 is 2.06 bits per heavy atom. The van der Waals surface area contributed by atoms with Gasteiger partial charge in [-0.3, -0.25) is 4.98 Å². The summed E-state index contributed by atoms with van der Waals surface area (Å²) in [6.07, 6.45) is 7.15. The second-order valence-corrected chi connectivity index (χ2v) is 4.23. The predicted octanol–water partition coefficient (Wildman–Crippen LogP) is 3.00. The Labute approximate surface area is 104 Å². The summed E-state index contributed by atoms with van der Waals surface area (Å²) in [6.45, 7) is 7.85. The van der Waals surface area contributed by atoms with Crippen molar-refractivity contribution in [3.8, 4) is 0 Å². The molecular weight excluding hydrogens is 214 g/mol. The van der Waals surface area contributed by atoms with Gasteiger partial charge < -0.3 is 10.1 Å². The van der Waals surface area contributed by atoms with Crippen molar-refractivity contribution in [3.63, 3.8) is 0 Å². The van der Waals surface area contributed by atoms with E-state index in [9.17, 15) is 0 Å². The van der Waals surface area contributed by atoms with Gasteiger partial charge >= 0.3 is 0 Å². The van der Waals surface area contributed by atoms with Crippen LogP contribution in [0, 0.1) is 0 Å². The number of anilines is 1. The van der Waals surface area contributed by atoms with Crippen LogP contribution in [0.5, 0.6) is 0 Å². The Balaban J connectivity index is 2.34. The van der Waals surface area contributed by atoms with Crippen LogP contribution in [0.1, 0.15) is 45.7 Å². The van der Waals surface area contributed by atoms with Crippen LogP contribution in [0.2, 0.25) is 0 Å². The Bertz CT molecular complexity index is 300. The normalized spacial score (nSPS) is 12.4. The lowest BCUT2D eigenvalue weighted by Crippen LogP contribution is -2.09. The Kier molecular flexibility index (Phi) is 6.55. The minimum absolute atomic E-state index is 0.291. The van der Waals surface area contributed by atoms with Gasteiger partial charge in [0.25, 0.3) is 0 Å². The van der Waals surface area contributed by atoms with Gasteiger partial charge in [0.1, 0.15) is 5.82 Å². The summed E-state index contributed by atoms with van der Waals surface area (Å²) >= 11 is 0. The summed E-state index contributed by atoms with van der Waals surface area (Å²) in [5, 5.41) is 3.19. The maximum Gasteiger partial charge on any atom is 0.144 e. The highest BCUT2D eigenvalue weighted by Gasteiger charge is 2.02. The fourth-order valence-electron chi connectivity index (χ4n) is 1.49. The van der Waals surface area contributed by atoms with Crippen LogP contribution in [-0.4, -0.2) is 22.6 Å². The lowest BCUT2D eigenvalue weighted by atomic mass is 10.2. The first kappa shape index (κ1) is 13.9. The molecule has 0 amide bonds. The van der Waals surface area contributed by atoms with Crippen LogP contribution >= 0.6 is 0 Å². The molecule has 0 aliphatic heterocycles. The van der Waals surface area contributed by atoms with E-state index in [1.165, 1.54) is 0 Å². The van der Waals surface area contributed by atoms with Crippen LogP contribution in [0.15, 0.2) is 12.4 Å². The van der Waals surface area contributed by atoms with E-state index >= 15 is 0 Å². The van der Waals surface area contributed by atoms with E-state index in [-0.39, 0.29) is 0 Å². The van der Waals surface area contributed by atoms with Crippen LogP contribution in [0.25, 0.3) is 0 Å². The van der Waals surface area contributed by atoms with Gasteiger partial charge in [-0.15, -0.1) is 0 Å². The molecule has 0 radical (unpaired) electrons. The highest BCUT2D eigenvalue weighted by atomic mass is 16.5. The molecule has 1 N–H and O–H groups in total. The molecule has 0 bridgehead atoms. The predicted molar refractivity (Wildman–Crippen MR) is 70.0 cm³/mol. The number of rotatable bonds is 8. The molecule has 4 nitrogen and oxygen atoms in total. The number of nitrogens with zero attached hydrogens (tertiary/aromatic N) is 2. The zero-order valence-corrected chi connectivity index (χ0v) is 11.1. The van der Waals surface area contributed by atoms with Gasteiger partial charge in [-0.2, -0.15) is 0 Å². The molecule has 17 heavy (non-hydrogen) atoms. The first-order chi connectivity index (χ1) is 8.26. The molecule has 4 heteroatoms. The maximum atomic E-state index is 5.67. The van der Waals surface area contributed by atoms with Gasteiger partial charge in [0.2, 0.25) is 0 Å². The third kappa shape index (κ3) is 5.63. The second-order valence-electron chi connectivity index (χ2n) is 4.23. The maximum absolute atomic E-state index is 5.67. The van der Waals surface area contributed by atoms with Crippen LogP contribution in [-0.2, 0) is 11.3 Å². The molecule has 1 atom stereocenters. The summed E-state index contributed by atoms with van der Waals surface area (Å²) in [4.78, 5) is 8.60. The molecule has 0 saturated carbocycles. The lowest BCUT2D eigenvalue weighted by Gasteiger charge is -2.11. The molecule has 0 aliphatic rings. The summed E-state index contributed by atoms with van der Waals surface area (Å²) in [5.41, 5.74) is 0.884. The molecular formula is C13H23N3O. The molecule has 0 fully saturated rings. The molecule has 0 spiro atoms. The third-order valence-electron chi connectivity index (χ3n) is 2.47. The van der Waals surface area contributed by atoms with Crippen LogP contribution in [0.4, 0.5) is 5.82 Å². The molecule has 1 aromatic heterocycles. The van der Waals surface area contributed by atoms with E-state index in [1.807, 2.05) is 0 Å². The summed E-state index contributed by atoms with van der Waals surface area (Å²) in [6, 6.07) is 0. The fraction of sp³-hybridized carbons (Fsp3) is 0.692. The highest BCUT2D eigenvalue weighted by molar-refractivity contribution is 5.30. The van der Waals surface area contributed by atoms with Crippen molar-refractivity contribution in [3.05, 3.63) is 18.1 Å². The van der Waals surface area contributed by atoms with Crippen molar-refractivity contribution in [1.29, 1.82) is 0 Å². The first-order valence-corrected chi connectivity index (χ1v) is 6.42. The van der Waals surface area contributed by atoms with Crippen LogP contribution in [0.3, 0.4) is 0 Å². The number of ether oxygens (including phenoxy) is 1. The van der Waals surface area contributed by atoms with E-state index in [0.717, 1.165) is 37.3 Å². The average Bonchev–Trinajstić information content (AvgIpc) is 2.35. The van der Waals surface area contributed by atoms with E-state index in [0.29, 0.717) is 12.7 Å². The number of aromatic nitrogens is 2. The standard InChI is InChI=1S/C13H23N3O/c1-4-6-11(3)17-10-12-8-16-13(9-15-12)14-7-5-2/h8-9,11H,4-7,10H2,1-3H3,(H,14,16). The SMILES string of the molecule is CCCNc1cnc(COC(C)CCC)cn1. The molecule has 0 aromatic carbocycles.